The highest BCUT2D eigenvalue weighted by Gasteiger charge is 2.28. The molecule has 1 unspecified atom stereocenters. The van der Waals surface area contributed by atoms with E-state index in [1.54, 1.807) is 13.8 Å². The van der Waals surface area contributed by atoms with Crippen LogP contribution in [0.4, 0.5) is 8.78 Å². The molecule has 0 fully saturated rings. The number of rotatable bonds is 5. The van der Waals surface area contributed by atoms with Crippen LogP contribution in [0.5, 0.6) is 0 Å². The summed E-state index contributed by atoms with van der Waals surface area (Å²) < 4.78 is 27.7. The van der Waals surface area contributed by atoms with Crippen molar-refractivity contribution in [3.63, 3.8) is 0 Å². The number of hydrogen-bond acceptors (Lipinski definition) is 2. The summed E-state index contributed by atoms with van der Waals surface area (Å²) in [6.07, 6.45) is 0.480. The van der Waals surface area contributed by atoms with Crippen molar-refractivity contribution in [1.29, 1.82) is 0 Å². The van der Waals surface area contributed by atoms with Crippen molar-refractivity contribution in [1.82, 2.24) is 4.90 Å². The van der Waals surface area contributed by atoms with Gasteiger partial charge in [-0.15, -0.1) is 0 Å². The fourth-order valence-electron chi connectivity index (χ4n) is 1.79. The molecule has 20 heavy (non-hydrogen) atoms. The Labute approximate surface area is 116 Å². The van der Waals surface area contributed by atoms with E-state index >= 15 is 0 Å². The Morgan fingerprint density at radius 3 is 2.45 bits per heavy atom. The average molecular weight is 285 g/mol. The highest BCUT2D eigenvalue weighted by atomic mass is 19.1. The fraction of sp³-hybridized carbons (Fsp3) is 0.429. The van der Waals surface area contributed by atoms with Crippen molar-refractivity contribution in [3.05, 3.63) is 34.9 Å². The van der Waals surface area contributed by atoms with E-state index in [1.807, 2.05) is 0 Å². The molecule has 1 rings (SSSR count). The summed E-state index contributed by atoms with van der Waals surface area (Å²) in [5.74, 6) is -4.11. The van der Waals surface area contributed by atoms with Crippen LogP contribution >= 0.6 is 0 Å². The predicted octanol–water partition coefficient (Wildman–Crippen LogP) is 2.60. The van der Waals surface area contributed by atoms with Gasteiger partial charge in [-0.25, -0.2) is 8.78 Å². The maximum atomic E-state index is 13.9. The molecule has 0 aliphatic heterocycles. The van der Waals surface area contributed by atoms with E-state index in [0.29, 0.717) is 6.42 Å². The Balaban J connectivity index is 3.25. The smallest absolute Gasteiger partial charge is 0.323 e. The van der Waals surface area contributed by atoms with Gasteiger partial charge in [-0.2, -0.15) is 0 Å². The Morgan fingerprint density at radius 1 is 1.35 bits per heavy atom. The number of hydrogen-bond donors (Lipinski definition) is 1. The highest BCUT2D eigenvalue weighted by molar-refractivity contribution is 5.96. The summed E-state index contributed by atoms with van der Waals surface area (Å²) in [4.78, 5) is 24.0. The van der Waals surface area contributed by atoms with Crippen LogP contribution < -0.4 is 0 Å². The molecule has 0 radical (unpaired) electrons. The highest BCUT2D eigenvalue weighted by Crippen LogP contribution is 2.20. The fourth-order valence-corrected chi connectivity index (χ4v) is 1.79. The first-order valence-corrected chi connectivity index (χ1v) is 6.26. The molecule has 1 N–H and O–H groups in total. The summed E-state index contributed by atoms with van der Waals surface area (Å²) in [7, 11) is 0. The first kappa shape index (κ1) is 16.1. The lowest BCUT2D eigenvalue weighted by atomic mass is 10.1. The average Bonchev–Trinajstić information content (AvgIpc) is 2.39. The maximum Gasteiger partial charge on any atom is 0.323 e. The van der Waals surface area contributed by atoms with Crippen LogP contribution in [0.25, 0.3) is 0 Å². The predicted molar refractivity (Wildman–Crippen MR) is 69.5 cm³/mol. The minimum absolute atomic E-state index is 0.133. The van der Waals surface area contributed by atoms with Gasteiger partial charge in [-0.1, -0.05) is 13.0 Å². The lowest BCUT2D eigenvalue weighted by Gasteiger charge is -2.27. The summed E-state index contributed by atoms with van der Waals surface area (Å²) in [5, 5.41) is 8.84. The Bertz CT molecular complexity index is 531. The minimum atomic E-state index is -1.23. The number of carbonyl (C=O) groups excluding carboxylic acids is 1. The molecule has 0 saturated carbocycles. The van der Waals surface area contributed by atoms with Gasteiger partial charge in [0.1, 0.15) is 23.7 Å². The van der Waals surface area contributed by atoms with Gasteiger partial charge in [0.2, 0.25) is 0 Å². The number of aryl methyl sites for hydroxylation is 1. The van der Waals surface area contributed by atoms with Gasteiger partial charge in [0, 0.05) is 6.04 Å². The number of aliphatic carboxylic acids is 1. The number of carbonyl (C=O) groups is 2. The van der Waals surface area contributed by atoms with Crippen LogP contribution in [-0.2, 0) is 4.79 Å². The van der Waals surface area contributed by atoms with Crippen LogP contribution in [0.15, 0.2) is 12.1 Å². The van der Waals surface area contributed by atoms with Gasteiger partial charge in [-0.05, 0) is 31.9 Å². The van der Waals surface area contributed by atoms with Gasteiger partial charge in [-0.3, -0.25) is 9.59 Å². The first-order valence-electron chi connectivity index (χ1n) is 6.26. The van der Waals surface area contributed by atoms with E-state index in [-0.39, 0.29) is 5.56 Å². The van der Waals surface area contributed by atoms with Gasteiger partial charge in [0.15, 0.2) is 0 Å². The van der Waals surface area contributed by atoms with E-state index in [2.05, 4.69) is 0 Å². The van der Waals surface area contributed by atoms with Gasteiger partial charge in [0.05, 0.1) is 0 Å². The van der Waals surface area contributed by atoms with Gasteiger partial charge in [0.25, 0.3) is 5.91 Å². The van der Waals surface area contributed by atoms with Crippen molar-refractivity contribution >= 4 is 11.9 Å². The van der Waals surface area contributed by atoms with E-state index in [9.17, 15) is 18.4 Å². The summed E-state index contributed by atoms with van der Waals surface area (Å²) in [6.45, 7) is 4.21. The number of nitrogens with zero attached hydrogens (tertiary/aromatic N) is 1. The van der Waals surface area contributed by atoms with Crippen molar-refractivity contribution in [2.24, 2.45) is 0 Å². The third kappa shape index (κ3) is 3.31. The largest absolute Gasteiger partial charge is 0.480 e. The molecule has 4 nitrogen and oxygen atoms in total. The normalized spacial score (nSPS) is 12.1. The molecular formula is C14H17F2NO3. The molecule has 0 aromatic heterocycles. The molecule has 0 aliphatic carbocycles. The van der Waals surface area contributed by atoms with E-state index in [4.69, 9.17) is 5.11 Å². The Hall–Kier alpha value is -1.98. The Kier molecular flexibility index (Phi) is 5.19. The minimum Gasteiger partial charge on any atom is -0.480 e. The van der Waals surface area contributed by atoms with Crippen LogP contribution in [0.2, 0.25) is 0 Å². The van der Waals surface area contributed by atoms with Crippen molar-refractivity contribution in [2.75, 3.05) is 6.54 Å². The molecule has 0 heterocycles. The van der Waals surface area contributed by atoms with Crippen LogP contribution in [0.3, 0.4) is 0 Å². The molecule has 0 saturated heterocycles. The maximum absolute atomic E-state index is 13.9. The molecule has 0 spiro atoms. The molecule has 1 aromatic carbocycles. The monoisotopic (exact) mass is 285 g/mol. The lowest BCUT2D eigenvalue weighted by molar-refractivity contribution is -0.138. The number of amides is 1. The second-order valence-electron chi connectivity index (χ2n) is 4.64. The number of carboxylic acid groups (broad SMARTS) is 1. The molecule has 0 aliphatic rings. The van der Waals surface area contributed by atoms with Crippen molar-refractivity contribution in [2.45, 2.75) is 33.2 Å². The summed E-state index contributed by atoms with van der Waals surface area (Å²) >= 11 is 0. The molecule has 0 bridgehead atoms. The van der Waals surface area contributed by atoms with Crippen LogP contribution in [0, 0.1) is 18.6 Å². The van der Waals surface area contributed by atoms with Crippen LogP contribution in [-0.4, -0.2) is 34.5 Å². The van der Waals surface area contributed by atoms with Crippen molar-refractivity contribution < 1.29 is 23.5 Å². The topological polar surface area (TPSA) is 57.6 Å². The first-order chi connectivity index (χ1) is 9.29. The Morgan fingerprint density at radius 2 is 1.95 bits per heavy atom. The third-order valence-corrected chi connectivity index (χ3v) is 3.19. The molecule has 1 atom stereocenters. The SMILES string of the molecule is CCC(C)N(CC(=O)O)C(=O)c1c(F)ccc(C)c1F. The number of halogens is 2. The second-order valence-corrected chi connectivity index (χ2v) is 4.64. The molecule has 1 aromatic rings. The van der Waals surface area contributed by atoms with Gasteiger partial charge < -0.3 is 10.0 Å². The van der Waals surface area contributed by atoms with Gasteiger partial charge >= 0.3 is 5.97 Å². The number of benzene rings is 1. The lowest BCUT2D eigenvalue weighted by Crippen LogP contribution is -2.42. The van der Waals surface area contributed by atoms with Crippen LogP contribution in [0.1, 0.15) is 36.2 Å². The molecule has 1 amide bonds. The van der Waals surface area contributed by atoms with E-state index in [0.717, 1.165) is 11.0 Å². The second kappa shape index (κ2) is 6.45. The summed E-state index contributed by atoms with van der Waals surface area (Å²) in [6, 6.07) is 1.80. The quantitative estimate of drug-likeness (QED) is 0.904. The zero-order valence-corrected chi connectivity index (χ0v) is 11.6. The zero-order valence-electron chi connectivity index (χ0n) is 11.6. The molecule has 110 valence electrons. The van der Waals surface area contributed by atoms with E-state index in [1.165, 1.54) is 13.0 Å². The third-order valence-electron chi connectivity index (χ3n) is 3.19. The molecule has 6 heteroatoms. The standard InChI is InChI=1S/C14H17F2NO3/c1-4-9(3)17(7-11(18)19)14(20)12-10(15)6-5-8(2)13(12)16/h5-6,9H,4,7H2,1-3H3,(H,18,19). The number of carboxylic acids is 1. The van der Waals surface area contributed by atoms with Crippen molar-refractivity contribution in [3.8, 4) is 0 Å². The molecular weight excluding hydrogens is 268 g/mol. The van der Waals surface area contributed by atoms with E-state index < -0.39 is 41.7 Å². The zero-order chi connectivity index (χ0) is 15.4. The summed E-state index contributed by atoms with van der Waals surface area (Å²) in [5.41, 5.74) is -0.569.